The van der Waals surface area contributed by atoms with Crippen molar-refractivity contribution in [3.05, 3.63) is 54.0 Å². The summed E-state index contributed by atoms with van der Waals surface area (Å²) in [6, 6.07) is 11.1. The topological polar surface area (TPSA) is 71.4 Å². The highest BCUT2D eigenvalue weighted by Gasteiger charge is 2.07. The number of nitrogens with two attached hydrogens (primary N) is 1. The quantitative estimate of drug-likeness (QED) is 0.539. The summed E-state index contributed by atoms with van der Waals surface area (Å²) >= 11 is 0. The minimum Gasteiger partial charge on any atom is -0.468 e. The predicted molar refractivity (Wildman–Crippen MR) is 70.8 cm³/mol. The molecule has 0 aliphatic rings. The highest BCUT2D eigenvalue weighted by Crippen LogP contribution is 2.18. The van der Waals surface area contributed by atoms with Gasteiger partial charge in [0.1, 0.15) is 5.76 Å². The van der Waals surface area contributed by atoms with Gasteiger partial charge in [-0.25, -0.2) is 0 Å². The molecule has 4 N–H and O–H groups in total. The number of aliphatic hydroxyl groups excluding tert-OH is 1. The summed E-state index contributed by atoms with van der Waals surface area (Å²) < 4.78 is 5.20. The maximum absolute atomic E-state index is 9.98. The first kappa shape index (κ1) is 12.7. The number of benzene rings is 1. The van der Waals surface area contributed by atoms with Gasteiger partial charge in [-0.1, -0.05) is 12.1 Å². The molecule has 4 nitrogen and oxygen atoms in total. The van der Waals surface area contributed by atoms with Crippen molar-refractivity contribution in [2.45, 2.75) is 19.1 Å². The molecule has 1 atom stereocenters. The van der Waals surface area contributed by atoms with E-state index in [-0.39, 0.29) is 0 Å². The lowest BCUT2D eigenvalue weighted by Crippen LogP contribution is -2.16. The number of furan rings is 1. The highest BCUT2D eigenvalue weighted by atomic mass is 16.3. The molecule has 2 rings (SSSR count). The van der Waals surface area contributed by atoms with Gasteiger partial charge in [0.25, 0.3) is 0 Å². The van der Waals surface area contributed by atoms with Crippen molar-refractivity contribution in [3.8, 4) is 0 Å². The summed E-state index contributed by atoms with van der Waals surface area (Å²) in [6.45, 7) is 1.40. The first-order valence-electron chi connectivity index (χ1n) is 6.02. The fraction of sp³-hybridized carbons (Fsp3) is 0.286. The van der Waals surface area contributed by atoms with Crippen molar-refractivity contribution in [2.24, 2.45) is 0 Å². The Morgan fingerprint density at radius 2 is 2.17 bits per heavy atom. The van der Waals surface area contributed by atoms with E-state index in [1.807, 2.05) is 30.3 Å². The van der Waals surface area contributed by atoms with Gasteiger partial charge in [-0.2, -0.15) is 0 Å². The highest BCUT2D eigenvalue weighted by molar-refractivity contribution is 5.41. The third-order valence-electron chi connectivity index (χ3n) is 2.77. The van der Waals surface area contributed by atoms with E-state index in [1.54, 1.807) is 12.3 Å². The van der Waals surface area contributed by atoms with Crippen LogP contribution in [0.5, 0.6) is 0 Å². The van der Waals surface area contributed by atoms with Crippen LogP contribution in [0.15, 0.2) is 47.1 Å². The van der Waals surface area contributed by atoms with Crippen molar-refractivity contribution >= 4 is 5.69 Å². The van der Waals surface area contributed by atoms with Gasteiger partial charge in [-0.15, -0.1) is 0 Å². The molecule has 0 aliphatic heterocycles. The van der Waals surface area contributed by atoms with Crippen molar-refractivity contribution < 1.29 is 9.52 Å². The molecular formula is C14H18N2O2. The van der Waals surface area contributed by atoms with Crippen molar-refractivity contribution in [1.82, 2.24) is 5.32 Å². The van der Waals surface area contributed by atoms with E-state index in [2.05, 4.69) is 5.32 Å². The van der Waals surface area contributed by atoms with Crippen LogP contribution in [0.3, 0.4) is 0 Å². The van der Waals surface area contributed by atoms with Crippen LogP contribution in [-0.2, 0) is 6.54 Å². The van der Waals surface area contributed by atoms with E-state index >= 15 is 0 Å². The monoisotopic (exact) mass is 246 g/mol. The zero-order valence-electron chi connectivity index (χ0n) is 10.2. The normalized spacial score (nSPS) is 12.5. The van der Waals surface area contributed by atoms with Gasteiger partial charge in [0, 0.05) is 5.69 Å². The van der Waals surface area contributed by atoms with Gasteiger partial charge >= 0.3 is 0 Å². The average Bonchev–Trinajstić information content (AvgIpc) is 2.87. The minimum atomic E-state index is -0.488. The Morgan fingerprint density at radius 3 is 2.89 bits per heavy atom. The molecule has 4 heteroatoms. The molecular weight excluding hydrogens is 228 g/mol. The third-order valence-corrected chi connectivity index (χ3v) is 2.77. The van der Waals surface area contributed by atoms with E-state index in [0.717, 1.165) is 17.9 Å². The minimum absolute atomic E-state index is 0.488. The van der Waals surface area contributed by atoms with E-state index in [4.69, 9.17) is 10.2 Å². The fourth-order valence-electron chi connectivity index (χ4n) is 1.80. The molecule has 96 valence electrons. The zero-order chi connectivity index (χ0) is 12.8. The molecule has 1 heterocycles. The number of anilines is 1. The molecule has 0 saturated carbocycles. The molecule has 0 aliphatic carbocycles. The Kier molecular flexibility index (Phi) is 4.39. The lowest BCUT2D eigenvalue weighted by Gasteiger charge is -2.11. The second-order valence-corrected chi connectivity index (χ2v) is 4.23. The van der Waals surface area contributed by atoms with Gasteiger partial charge in [0.05, 0.1) is 18.9 Å². The van der Waals surface area contributed by atoms with Crippen LogP contribution in [0.4, 0.5) is 5.69 Å². The molecule has 2 aromatic rings. The molecule has 0 spiro atoms. The Morgan fingerprint density at radius 1 is 1.28 bits per heavy atom. The number of nitrogens with one attached hydrogen (secondary N) is 1. The molecule has 0 bridgehead atoms. The van der Waals surface area contributed by atoms with E-state index in [9.17, 15) is 5.11 Å². The lowest BCUT2D eigenvalue weighted by molar-refractivity contribution is 0.166. The van der Waals surface area contributed by atoms with Crippen LogP contribution >= 0.6 is 0 Å². The fourth-order valence-corrected chi connectivity index (χ4v) is 1.80. The van der Waals surface area contributed by atoms with Crippen LogP contribution < -0.4 is 11.1 Å². The largest absolute Gasteiger partial charge is 0.468 e. The van der Waals surface area contributed by atoms with E-state index < -0.39 is 6.10 Å². The van der Waals surface area contributed by atoms with E-state index in [1.165, 1.54) is 0 Å². The van der Waals surface area contributed by atoms with E-state index in [0.29, 0.717) is 18.7 Å². The summed E-state index contributed by atoms with van der Waals surface area (Å²) in [4.78, 5) is 0. The molecule has 0 amide bonds. The third kappa shape index (κ3) is 3.61. The molecule has 1 aromatic carbocycles. The summed E-state index contributed by atoms with van der Waals surface area (Å²) in [7, 11) is 0. The van der Waals surface area contributed by atoms with Gasteiger partial charge < -0.3 is 20.6 Å². The van der Waals surface area contributed by atoms with Gasteiger partial charge in [-0.05, 0) is 42.8 Å². The van der Waals surface area contributed by atoms with Crippen molar-refractivity contribution in [1.29, 1.82) is 0 Å². The van der Waals surface area contributed by atoms with Crippen molar-refractivity contribution in [2.75, 3.05) is 12.3 Å². The summed E-state index contributed by atoms with van der Waals surface area (Å²) in [5, 5.41) is 13.2. The zero-order valence-corrected chi connectivity index (χ0v) is 10.2. The number of aliphatic hydroxyl groups is 1. The van der Waals surface area contributed by atoms with Crippen LogP contribution in [0, 0.1) is 0 Å². The number of hydrogen-bond donors (Lipinski definition) is 3. The molecule has 1 unspecified atom stereocenters. The maximum Gasteiger partial charge on any atom is 0.117 e. The molecule has 0 radical (unpaired) electrons. The van der Waals surface area contributed by atoms with Gasteiger partial charge in [0.2, 0.25) is 0 Å². The van der Waals surface area contributed by atoms with Gasteiger partial charge in [-0.3, -0.25) is 0 Å². The predicted octanol–water partition coefficient (Wildman–Crippen LogP) is 2.08. The molecule has 1 aromatic heterocycles. The smallest absolute Gasteiger partial charge is 0.117 e. The second kappa shape index (κ2) is 6.23. The Labute approximate surface area is 106 Å². The van der Waals surface area contributed by atoms with Crippen LogP contribution in [-0.4, -0.2) is 11.7 Å². The van der Waals surface area contributed by atoms with Crippen molar-refractivity contribution in [3.63, 3.8) is 0 Å². The Hall–Kier alpha value is -1.78. The van der Waals surface area contributed by atoms with Crippen LogP contribution in [0.2, 0.25) is 0 Å². The Bertz CT molecular complexity index is 468. The number of rotatable bonds is 6. The standard InChI is InChI=1S/C14H18N2O2/c15-12-4-1-3-11(9-12)14(17)6-7-16-10-13-5-2-8-18-13/h1-5,8-9,14,16-17H,6-7,10,15H2. The molecule has 18 heavy (non-hydrogen) atoms. The number of hydrogen-bond acceptors (Lipinski definition) is 4. The maximum atomic E-state index is 9.98. The molecule has 0 saturated heterocycles. The van der Waals surface area contributed by atoms with Gasteiger partial charge in [0.15, 0.2) is 0 Å². The average molecular weight is 246 g/mol. The first-order chi connectivity index (χ1) is 8.75. The lowest BCUT2D eigenvalue weighted by atomic mass is 10.1. The summed E-state index contributed by atoms with van der Waals surface area (Å²) in [5.41, 5.74) is 7.21. The summed E-state index contributed by atoms with van der Waals surface area (Å²) in [6.07, 6.45) is 1.81. The second-order valence-electron chi connectivity index (χ2n) is 4.23. The van der Waals surface area contributed by atoms with Crippen LogP contribution in [0.1, 0.15) is 23.8 Å². The molecule has 0 fully saturated rings. The first-order valence-corrected chi connectivity index (χ1v) is 6.02. The Balaban J connectivity index is 1.73. The summed E-state index contributed by atoms with van der Waals surface area (Å²) in [5.74, 6) is 0.897. The van der Waals surface area contributed by atoms with Crippen LogP contribution in [0.25, 0.3) is 0 Å². The number of nitrogen functional groups attached to an aromatic ring is 1. The SMILES string of the molecule is Nc1cccc(C(O)CCNCc2ccco2)c1.